The molecule has 0 aliphatic carbocycles. The smallest absolute Gasteiger partial charge is 0.273 e. The van der Waals surface area contributed by atoms with E-state index < -0.39 is 15.5 Å². The molecule has 0 amide bonds. The van der Waals surface area contributed by atoms with Gasteiger partial charge in [-0.05, 0) is 48.5 Å². The van der Waals surface area contributed by atoms with E-state index in [0.29, 0.717) is 13.0 Å². The number of nitrogens with zero attached hydrogens (tertiary/aromatic N) is 2. The summed E-state index contributed by atoms with van der Waals surface area (Å²) in [7, 11) is -3.73. The number of sulfonamides is 1. The van der Waals surface area contributed by atoms with Gasteiger partial charge in [-0.2, -0.15) is 18.3 Å². The summed E-state index contributed by atoms with van der Waals surface area (Å²) in [4.78, 5) is -0.127. The molecular weight excluding hydrogens is 351 g/mol. The van der Waals surface area contributed by atoms with Gasteiger partial charge in [0.1, 0.15) is 0 Å². The van der Waals surface area contributed by atoms with Gasteiger partial charge in [0.15, 0.2) is 0 Å². The second-order valence-corrected chi connectivity index (χ2v) is 7.45. The number of rotatable bonds is 7. The van der Waals surface area contributed by atoms with Gasteiger partial charge in [-0.1, -0.05) is 0 Å². The highest BCUT2D eigenvalue weighted by Crippen LogP contribution is 2.36. The zero-order valence-corrected chi connectivity index (χ0v) is 13.5. The predicted molar refractivity (Wildman–Crippen MR) is 80.4 cm³/mol. The molecule has 2 aromatic rings. The van der Waals surface area contributed by atoms with Crippen LogP contribution in [0.25, 0.3) is 0 Å². The van der Waals surface area contributed by atoms with Gasteiger partial charge in [0.25, 0.3) is 0 Å². The molecule has 126 valence electrons. The van der Waals surface area contributed by atoms with Crippen molar-refractivity contribution in [1.29, 1.82) is 0 Å². The molecule has 0 bridgehead atoms. The highest BCUT2D eigenvalue weighted by molar-refractivity contribution is 8.00. The molecular formula is C13H14F3N3O2S2. The highest BCUT2D eigenvalue weighted by atomic mass is 32.2. The molecule has 0 aliphatic heterocycles. The number of aromatic nitrogens is 2. The Balaban J connectivity index is 1.88. The lowest BCUT2D eigenvalue weighted by Gasteiger charge is -2.09. The molecule has 0 fully saturated rings. The Bertz CT molecular complexity index is 714. The second-order valence-electron chi connectivity index (χ2n) is 4.54. The Morgan fingerprint density at radius 1 is 1.22 bits per heavy atom. The van der Waals surface area contributed by atoms with E-state index in [1.165, 1.54) is 0 Å². The van der Waals surface area contributed by atoms with Crippen molar-refractivity contribution >= 4 is 21.8 Å². The van der Waals surface area contributed by atoms with Crippen LogP contribution in [0.3, 0.4) is 0 Å². The molecule has 1 heterocycles. The molecule has 0 radical (unpaired) electrons. The Hall–Kier alpha value is -1.52. The molecule has 0 aliphatic rings. The molecule has 0 unspecified atom stereocenters. The van der Waals surface area contributed by atoms with Crippen molar-refractivity contribution in [2.24, 2.45) is 0 Å². The Morgan fingerprint density at radius 3 is 2.48 bits per heavy atom. The van der Waals surface area contributed by atoms with Crippen LogP contribution in [0.5, 0.6) is 0 Å². The van der Waals surface area contributed by atoms with Crippen molar-refractivity contribution in [3.05, 3.63) is 42.7 Å². The fraction of sp³-hybridized carbons (Fsp3) is 0.308. The maximum atomic E-state index is 12.2. The van der Waals surface area contributed by atoms with Crippen LogP contribution in [-0.2, 0) is 16.6 Å². The maximum Gasteiger partial charge on any atom is 0.446 e. The van der Waals surface area contributed by atoms with Crippen LogP contribution in [0.4, 0.5) is 13.2 Å². The number of aryl methyl sites for hydroxylation is 1. The first-order chi connectivity index (χ1) is 10.8. The van der Waals surface area contributed by atoms with E-state index in [2.05, 4.69) is 9.82 Å². The van der Waals surface area contributed by atoms with Gasteiger partial charge in [0, 0.05) is 30.4 Å². The standard InChI is InChI=1S/C13H14F3N3O2S2/c14-13(15,16)22-11-3-5-12(6-4-11)23(20,21)18-8-2-10-19-9-1-7-17-19/h1,3-7,9,18H,2,8,10H2. The molecule has 0 saturated carbocycles. The molecule has 2 rings (SSSR count). The second kappa shape index (κ2) is 7.37. The van der Waals surface area contributed by atoms with Crippen LogP contribution < -0.4 is 4.72 Å². The van der Waals surface area contributed by atoms with Crippen molar-refractivity contribution in [1.82, 2.24) is 14.5 Å². The van der Waals surface area contributed by atoms with Crippen LogP contribution in [0, 0.1) is 0 Å². The summed E-state index contributed by atoms with van der Waals surface area (Å²) < 4.78 is 64.8. The third-order valence-electron chi connectivity index (χ3n) is 2.78. The summed E-state index contributed by atoms with van der Waals surface area (Å²) >= 11 is -0.285. The average Bonchev–Trinajstić information content (AvgIpc) is 2.96. The summed E-state index contributed by atoms with van der Waals surface area (Å²) in [5, 5.41) is 3.99. The summed E-state index contributed by atoms with van der Waals surface area (Å²) in [6.45, 7) is 0.776. The van der Waals surface area contributed by atoms with Crippen LogP contribution in [-0.4, -0.2) is 30.3 Å². The summed E-state index contributed by atoms with van der Waals surface area (Å²) in [5.41, 5.74) is -4.40. The molecule has 10 heteroatoms. The molecule has 1 N–H and O–H groups in total. The minimum Gasteiger partial charge on any atom is -0.273 e. The minimum atomic E-state index is -4.40. The summed E-state index contributed by atoms with van der Waals surface area (Å²) in [6.07, 6.45) is 3.94. The average molecular weight is 365 g/mol. The lowest BCUT2D eigenvalue weighted by atomic mass is 10.4. The van der Waals surface area contributed by atoms with Gasteiger partial charge in [-0.3, -0.25) is 4.68 Å². The molecule has 0 spiro atoms. The number of alkyl halides is 3. The molecule has 5 nitrogen and oxygen atoms in total. The Morgan fingerprint density at radius 2 is 1.91 bits per heavy atom. The number of nitrogens with one attached hydrogen (secondary N) is 1. The van der Waals surface area contributed by atoms with Crippen LogP contribution in [0.15, 0.2) is 52.5 Å². The van der Waals surface area contributed by atoms with Gasteiger partial charge in [0.05, 0.1) is 4.90 Å². The van der Waals surface area contributed by atoms with E-state index in [4.69, 9.17) is 0 Å². The zero-order chi connectivity index (χ0) is 16.9. The van der Waals surface area contributed by atoms with Gasteiger partial charge in [-0.15, -0.1) is 0 Å². The van der Waals surface area contributed by atoms with Gasteiger partial charge < -0.3 is 0 Å². The van der Waals surface area contributed by atoms with E-state index in [-0.39, 0.29) is 28.1 Å². The number of thioether (sulfide) groups is 1. The van der Waals surface area contributed by atoms with Crippen molar-refractivity contribution in [3.8, 4) is 0 Å². The van der Waals surface area contributed by atoms with Crippen molar-refractivity contribution < 1.29 is 21.6 Å². The van der Waals surface area contributed by atoms with Crippen molar-refractivity contribution in [2.75, 3.05) is 6.54 Å². The first kappa shape index (κ1) is 17.8. The fourth-order valence-electron chi connectivity index (χ4n) is 1.78. The predicted octanol–water partition coefficient (Wildman–Crippen LogP) is 2.86. The van der Waals surface area contributed by atoms with E-state index in [9.17, 15) is 21.6 Å². The van der Waals surface area contributed by atoms with Gasteiger partial charge >= 0.3 is 5.51 Å². The zero-order valence-electron chi connectivity index (χ0n) is 11.8. The molecule has 0 saturated heterocycles. The summed E-state index contributed by atoms with van der Waals surface area (Å²) in [5.74, 6) is 0. The van der Waals surface area contributed by atoms with Crippen LogP contribution in [0.1, 0.15) is 6.42 Å². The summed E-state index contributed by atoms with van der Waals surface area (Å²) in [6, 6.07) is 6.35. The van der Waals surface area contributed by atoms with E-state index in [1.54, 1.807) is 23.1 Å². The lowest BCUT2D eigenvalue weighted by molar-refractivity contribution is -0.0328. The Kier molecular flexibility index (Phi) is 5.71. The van der Waals surface area contributed by atoms with Gasteiger partial charge in [-0.25, -0.2) is 13.1 Å². The molecule has 23 heavy (non-hydrogen) atoms. The molecule has 0 atom stereocenters. The van der Waals surface area contributed by atoms with Crippen molar-refractivity contribution in [2.45, 2.75) is 28.3 Å². The number of hydrogen-bond donors (Lipinski definition) is 1. The largest absolute Gasteiger partial charge is 0.446 e. The third kappa shape index (κ3) is 5.88. The minimum absolute atomic E-state index is 0.0601. The third-order valence-corrected chi connectivity index (χ3v) is 5.00. The van der Waals surface area contributed by atoms with E-state index in [1.807, 2.05) is 0 Å². The number of benzene rings is 1. The lowest BCUT2D eigenvalue weighted by Crippen LogP contribution is -2.25. The van der Waals surface area contributed by atoms with E-state index >= 15 is 0 Å². The normalized spacial score (nSPS) is 12.5. The first-order valence-electron chi connectivity index (χ1n) is 6.59. The number of hydrogen-bond acceptors (Lipinski definition) is 4. The van der Waals surface area contributed by atoms with Gasteiger partial charge in [0.2, 0.25) is 10.0 Å². The Labute approximate surface area is 135 Å². The quantitative estimate of drug-likeness (QED) is 0.605. The topological polar surface area (TPSA) is 64.0 Å². The van der Waals surface area contributed by atoms with Crippen molar-refractivity contribution in [3.63, 3.8) is 0 Å². The highest BCUT2D eigenvalue weighted by Gasteiger charge is 2.29. The molecule has 1 aromatic carbocycles. The van der Waals surface area contributed by atoms with E-state index in [0.717, 1.165) is 24.3 Å². The first-order valence-corrected chi connectivity index (χ1v) is 8.89. The molecule has 1 aromatic heterocycles. The fourth-order valence-corrected chi connectivity index (χ4v) is 3.40. The van der Waals surface area contributed by atoms with Crippen LogP contribution in [0.2, 0.25) is 0 Å². The SMILES string of the molecule is O=S(=O)(NCCCn1cccn1)c1ccc(SC(F)(F)F)cc1. The maximum absolute atomic E-state index is 12.2. The number of halogens is 3. The van der Waals surface area contributed by atoms with Crippen LogP contribution >= 0.6 is 11.8 Å². The monoisotopic (exact) mass is 365 g/mol.